The SMILES string of the molecule is CNC(=S)NNC(=O)CC1(c2cccc([N+](=O)[O-])c2)CC(CO)C1. The van der Waals surface area contributed by atoms with E-state index in [1.807, 2.05) is 0 Å². The number of nitro groups is 1. The molecule has 0 radical (unpaired) electrons. The molecule has 1 aromatic rings. The molecule has 0 aromatic heterocycles. The fraction of sp³-hybridized carbons (Fsp3) is 0.467. The van der Waals surface area contributed by atoms with Crippen molar-refractivity contribution >= 4 is 28.9 Å². The topological polar surface area (TPSA) is 117 Å². The largest absolute Gasteiger partial charge is 0.396 e. The van der Waals surface area contributed by atoms with Gasteiger partial charge in [-0.1, -0.05) is 12.1 Å². The lowest BCUT2D eigenvalue weighted by molar-refractivity contribution is -0.385. The van der Waals surface area contributed by atoms with Gasteiger partial charge in [0.05, 0.1) is 4.92 Å². The summed E-state index contributed by atoms with van der Waals surface area (Å²) in [5, 5.41) is 23.3. The summed E-state index contributed by atoms with van der Waals surface area (Å²) in [4.78, 5) is 22.7. The van der Waals surface area contributed by atoms with Crippen LogP contribution in [0.15, 0.2) is 24.3 Å². The van der Waals surface area contributed by atoms with Gasteiger partial charge in [-0.3, -0.25) is 25.8 Å². The average molecular weight is 352 g/mol. The first kappa shape index (κ1) is 18.1. The summed E-state index contributed by atoms with van der Waals surface area (Å²) in [7, 11) is 1.63. The molecule has 9 heteroatoms. The number of nitro benzene ring substituents is 1. The Morgan fingerprint density at radius 2 is 2.17 bits per heavy atom. The standard InChI is InChI=1S/C15H20N4O4S/c1-16-14(24)18-17-13(21)8-15(6-10(7-15)9-20)11-3-2-4-12(5-11)19(22)23/h2-5,10,20H,6-9H2,1H3,(H,17,21)(H2,16,18,24). The van der Waals surface area contributed by atoms with E-state index in [1.165, 1.54) is 12.1 Å². The van der Waals surface area contributed by atoms with Crippen LogP contribution in [0.4, 0.5) is 5.69 Å². The Morgan fingerprint density at radius 3 is 2.75 bits per heavy atom. The number of hydrogen-bond donors (Lipinski definition) is 4. The van der Waals surface area contributed by atoms with E-state index in [2.05, 4.69) is 16.2 Å². The summed E-state index contributed by atoms with van der Waals surface area (Å²) in [6.07, 6.45) is 1.37. The second-order valence-electron chi connectivity index (χ2n) is 5.97. The maximum Gasteiger partial charge on any atom is 0.269 e. The molecule has 1 aliphatic rings. The van der Waals surface area contributed by atoms with Crippen LogP contribution in [-0.2, 0) is 10.2 Å². The third kappa shape index (κ3) is 3.98. The van der Waals surface area contributed by atoms with Crippen LogP contribution in [0.1, 0.15) is 24.8 Å². The van der Waals surface area contributed by atoms with Crippen LogP contribution in [0.3, 0.4) is 0 Å². The van der Waals surface area contributed by atoms with E-state index in [-0.39, 0.29) is 35.7 Å². The second-order valence-corrected chi connectivity index (χ2v) is 6.38. The van der Waals surface area contributed by atoms with Crippen molar-refractivity contribution in [1.29, 1.82) is 0 Å². The zero-order chi connectivity index (χ0) is 17.7. The van der Waals surface area contributed by atoms with Crippen molar-refractivity contribution in [3.05, 3.63) is 39.9 Å². The molecule has 1 fully saturated rings. The second kappa shape index (κ2) is 7.54. The van der Waals surface area contributed by atoms with E-state index in [0.717, 1.165) is 5.56 Å². The number of amides is 1. The Labute approximate surface area is 144 Å². The molecule has 0 saturated heterocycles. The van der Waals surface area contributed by atoms with E-state index in [4.69, 9.17) is 12.2 Å². The summed E-state index contributed by atoms with van der Waals surface area (Å²) in [6.45, 7) is 0.0421. The summed E-state index contributed by atoms with van der Waals surface area (Å²) >= 11 is 4.89. The molecule has 130 valence electrons. The summed E-state index contributed by atoms with van der Waals surface area (Å²) < 4.78 is 0. The number of thiocarbonyl (C=S) groups is 1. The van der Waals surface area contributed by atoms with Gasteiger partial charge in [-0.2, -0.15) is 0 Å². The van der Waals surface area contributed by atoms with Crippen LogP contribution in [0, 0.1) is 16.0 Å². The lowest BCUT2D eigenvalue weighted by atomic mass is 9.57. The Bertz CT molecular complexity index is 646. The van der Waals surface area contributed by atoms with Gasteiger partial charge in [-0.25, -0.2) is 0 Å². The van der Waals surface area contributed by atoms with Gasteiger partial charge in [0.15, 0.2) is 5.11 Å². The molecule has 0 bridgehead atoms. The summed E-state index contributed by atoms with van der Waals surface area (Å²) in [6, 6.07) is 6.34. The zero-order valence-corrected chi connectivity index (χ0v) is 14.1. The number of hydrogen-bond acceptors (Lipinski definition) is 5. The van der Waals surface area contributed by atoms with Crippen molar-refractivity contribution in [1.82, 2.24) is 16.2 Å². The minimum atomic E-state index is -0.507. The molecule has 1 aliphatic carbocycles. The Hall–Kier alpha value is -2.26. The third-order valence-electron chi connectivity index (χ3n) is 4.33. The first-order valence-corrected chi connectivity index (χ1v) is 7.93. The van der Waals surface area contributed by atoms with E-state index < -0.39 is 10.3 Å². The molecule has 1 amide bonds. The Kier molecular flexibility index (Phi) is 5.68. The quantitative estimate of drug-likeness (QED) is 0.351. The van der Waals surface area contributed by atoms with Gasteiger partial charge >= 0.3 is 0 Å². The highest BCUT2D eigenvalue weighted by Crippen LogP contribution is 2.50. The van der Waals surface area contributed by atoms with Crippen LogP contribution < -0.4 is 16.2 Å². The van der Waals surface area contributed by atoms with Crippen LogP contribution in [0.2, 0.25) is 0 Å². The van der Waals surface area contributed by atoms with Gasteiger partial charge in [0.1, 0.15) is 0 Å². The molecule has 1 saturated carbocycles. The Morgan fingerprint density at radius 1 is 1.46 bits per heavy atom. The van der Waals surface area contributed by atoms with Crippen molar-refractivity contribution in [3.8, 4) is 0 Å². The molecule has 0 spiro atoms. The number of nitrogens with one attached hydrogen (secondary N) is 3. The molecule has 0 atom stereocenters. The lowest BCUT2D eigenvalue weighted by Gasteiger charge is -2.47. The third-order valence-corrected chi connectivity index (χ3v) is 4.63. The maximum atomic E-state index is 12.2. The number of aliphatic hydroxyl groups excluding tert-OH is 1. The van der Waals surface area contributed by atoms with E-state index >= 15 is 0 Å². The van der Waals surface area contributed by atoms with Crippen molar-refractivity contribution in [2.45, 2.75) is 24.7 Å². The van der Waals surface area contributed by atoms with E-state index in [9.17, 15) is 20.0 Å². The zero-order valence-electron chi connectivity index (χ0n) is 13.2. The number of rotatable bonds is 5. The number of hydrazine groups is 1. The molecule has 0 heterocycles. The van der Waals surface area contributed by atoms with Gasteiger partial charge < -0.3 is 10.4 Å². The average Bonchev–Trinajstić information content (AvgIpc) is 2.55. The van der Waals surface area contributed by atoms with Crippen molar-refractivity contribution in [2.75, 3.05) is 13.7 Å². The summed E-state index contributed by atoms with van der Waals surface area (Å²) in [5.41, 5.74) is 5.31. The van der Waals surface area contributed by atoms with Gasteiger partial charge in [0.25, 0.3) is 5.69 Å². The fourth-order valence-corrected chi connectivity index (χ4v) is 3.20. The molecule has 4 N–H and O–H groups in total. The monoisotopic (exact) mass is 352 g/mol. The van der Waals surface area contributed by atoms with E-state index in [0.29, 0.717) is 12.8 Å². The molecular formula is C15H20N4O4S. The van der Waals surface area contributed by atoms with Crippen molar-refractivity contribution < 1.29 is 14.8 Å². The first-order chi connectivity index (χ1) is 11.4. The first-order valence-electron chi connectivity index (χ1n) is 7.52. The minimum absolute atomic E-state index is 0.00535. The van der Waals surface area contributed by atoms with Gasteiger partial charge in [0, 0.05) is 37.6 Å². The molecule has 0 unspecified atom stereocenters. The number of benzene rings is 1. The van der Waals surface area contributed by atoms with Crippen LogP contribution >= 0.6 is 12.2 Å². The molecule has 2 rings (SSSR count). The number of carbonyl (C=O) groups is 1. The molecular weight excluding hydrogens is 332 g/mol. The minimum Gasteiger partial charge on any atom is -0.396 e. The van der Waals surface area contributed by atoms with Gasteiger partial charge in [0.2, 0.25) is 5.91 Å². The number of nitrogens with zero attached hydrogens (tertiary/aromatic N) is 1. The number of non-ortho nitro benzene ring substituents is 1. The normalized spacial score (nSPS) is 22.2. The highest BCUT2D eigenvalue weighted by Gasteiger charge is 2.46. The van der Waals surface area contributed by atoms with Crippen LogP contribution in [0.25, 0.3) is 0 Å². The number of aliphatic hydroxyl groups is 1. The summed E-state index contributed by atoms with van der Waals surface area (Å²) in [5.74, 6) is -0.168. The smallest absolute Gasteiger partial charge is 0.269 e. The molecule has 24 heavy (non-hydrogen) atoms. The predicted molar refractivity (Wildman–Crippen MR) is 92.1 cm³/mol. The molecule has 0 aliphatic heterocycles. The molecule has 8 nitrogen and oxygen atoms in total. The molecule has 1 aromatic carbocycles. The fourth-order valence-electron chi connectivity index (χ4n) is 3.15. The predicted octanol–water partition coefficient (Wildman–Crippen LogP) is 0.750. The van der Waals surface area contributed by atoms with E-state index in [1.54, 1.807) is 19.2 Å². The van der Waals surface area contributed by atoms with Gasteiger partial charge in [-0.15, -0.1) is 0 Å². The Balaban J connectivity index is 2.15. The maximum absolute atomic E-state index is 12.2. The van der Waals surface area contributed by atoms with Crippen molar-refractivity contribution in [2.24, 2.45) is 5.92 Å². The van der Waals surface area contributed by atoms with Gasteiger partial charge in [-0.05, 0) is 36.5 Å². The van der Waals surface area contributed by atoms with Crippen LogP contribution in [0.5, 0.6) is 0 Å². The van der Waals surface area contributed by atoms with Crippen molar-refractivity contribution in [3.63, 3.8) is 0 Å². The lowest BCUT2D eigenvalue weighted by Crippen LogP contribution is -2.50. The highest BCUT2D eigenvalue weighted by atomic mass is 32.1. The number of carbonyl (C=O) groups excluding carboxylic acids is 1. The van der Waals surface area contributed by atoms with Crippen LogP contribution in [-0.4, -0.2) is 34.7 Å². The highest BCUT2D eigenvalue weighted by molar-refractivity contribution is 7.80.